The predicted molar refractivity (Wildman–Crippen MR) is 106 cm³/mol. The summed E-state index contributed by atoms with van der Waals surface area (Å²) in [4.78, 5) is 21.8. The number of aryl methyl sites for hydroxylation is 1. The van der Waals surface area contributed by atoms with Crippen LogP contribution >= 0.6 is 27.3 Å². The van der Waals surface area contributed by atoms with Crippen LogP contribution < -0.4 is 16.0 Å². The smallest absolute Gasteiger partial charge is 0.251 e. The lowest BCUT2D eigenvalue weighted by atomic mass is 10.2. The van der Waals surface area contributed by atoms with Crippen molar-refractivity contribution < 1.29 is 4.79 Å². The van der Waals surface area contributed by atoms with E-state index in [0.717, 1.165) is 15.9 Å². The van der Waals surface area contributed by atoms with Crippen molar-refractivity contribution >= 4 is 39.1 Å². The number of thiazole rings is 1. The van der Waals surface area contributed by atoms with E-state index in [1.165, 1.54) is 4.88 Å². The molecule has 0 radical (unpaired) electrons. The summed E-state index contributed by atoms with van der Waals surface area (Å²) in [6, 6.07) is 7.31. The lowest BCUT2D eigenvalue weighted by Crippen LogP contribution is -2.41. The zero-order valence-electron chi connectivity index (χ0n) is 14.3. The summed E-state index contributed by atoms with van der Waals surface area (Å²) in [5.74, 6) is 0.589. The molecule has 0 saturated carbocycles. The number of carbonyl (C=O) groups is 1. The van der Waals surface area contributed by atoms with Gasteiger partial charge in [0.1, 0.15) is 5.01 Å². The predicted octanol–water partition coefficient (Wildman–Crippen LogP) is 2.56. The highest BCUT2D eigenvalue weighted by Crippen LogP contribution is 2.13. The Balaban J connectivity index is 1.69. The number of aliphatic imine (C=N–C) groups is 1. The summed E-state index contributed by atoms with van der Waals surface area (Å²) in [5, 5.41) is 10.3. The molecular weight excluding hydrogens is 402 g/mol. The van der Waals surface area contributed by atoms with Gasteiger partial charge in [-0.15, -0.1) is 11.3 Å². The summed E-state index contributed by atoms with van der Waals surface area (Å²) >= 11 is 5.06. The Labute approximate surface area is 160 Å². The Morgan fingerprint density at radius 1 is 1.28 bits per heavy atom. The van der Waals surface area contributed by atoms with Gasteiger partial charge in [-0.05, 0) is 24.6 Å². The van der Waals surface area contributed by atoms with Crippen LogP contribution in [0.2, 0.25) is 0 Å². The van der Waals surface area contributed by atoms with E-state index in [9.17, 15) is 4.79 Å². The minimum absolute atomic E-state index is 0.0964. The molecule has 0 aliphatic carbocycles. The lowest BCUT2D eigenvalue weighted by Gasteiger charge is -2.11. The largest absolute Gasteiger partial charge is 0.355 e. The van der Waals surface area contributed by atoms with Crippen molar-refractivity contribution in [3.63, 3.8) is 0 Å². The average Bonchev–Trinajstić information content (AvgIpc) is 3.09. The number of guanidine groups is 1. The second-order valence-electron chi connectivity index (χ2n) is 5.19. The van der Waals surface area contributed by atoms with Crippen LogP contribution in [0.3, 0.4) is 0 Å². The first-order valence-electron chi connectivity index (χ1n) is 8.04. The Morgan fingerprint density at radius 3 is 2.76 bits per heavy atom. The maximum atomic E-state index is 12.0. The van der Waals surface area contributed by atoms with Crippen LogP contribution in [0.1, 0.15) is 27.2 Å². The number of rotatable bonds is 7. The summed E-state index contributed by atoms with van der Waals surface area (Å²) in [6.45, 7) is 3.84. The average molecular weight is 424 g/mol. The van der Waals surface area contributed by atoms with E-state index < -0.39 is 0 Å². The number of aromatic nitrogens is 1. The van der Waals surface area contributed by atoms with Crippen LogP contribution in [0.4, 0.5) is 0 Å². The minimum atomic E-state index is -0.0964. The third-order valence-electron chi connectivity index (χ3n) is 3.37. The van der Waals surface area contributed by atoms with E-state index in [-0.39, 0.29) is 5.91 Å². The van der Waals surface area contributed by atoms with Gasteiger partial charge in [-0.1, -0.05) is 28.9 Å². The van der Waals surface area contributed by atoms with Crippen molar-refractivity contribution in [2.75, 3.05) is 20.1 Å². The quantitative estimate of drug-likeness (QED) is 0.363. The van der Waals surface area contributed by atoms with Crippen LogP contribution in [0.15, 0.2) is 39.9 Å². The molecule has 1 aromatic carbocycles. The Kier molecular flexibility index (Phi) is 7.87. The van der Waals surface area contributed by atoms with Gasteiger partial charge >= 0.3 is 0 Å². The van der Waals surface area contributed by atoms with E-state index in [1.54, 1.807) is 30.5 Å². The van der Waals surface area contributed by atoms with Gasteiger partial charge in [0.15, 0.2) is 5.96 Å². The zero-order valence-corrected chi connectivity index (χ0v) is 16.7. The maximum Gasteiger partial charge on any atom is 0.251 e. The molecule has 25 heavy (non-hydrogen) atoms. The molecule has 1 aromatic heterocycles. The van der Waals surface area contributed by atoms with Crippen molar-refractivity contribution in [1.82, 2.24) is 20.9 Å². The molecule has 0 saturated heterocycles. The summed E-state index contributed by atoms with van der Waals surface area (Å²) in [5.41, 5.74) is 0.632. The monoisotopic (exact) mass is 423 g/mol. The van der Waals surface area contributed by atoms with E-state index in [4.69, 9.17) is 0 Å². The molecular formula is C17H22BrN5OS. The van der Waals surface area contributed by atoms with Gasteiger partial charge in [-0.3, -0.25) is 9.79 Å². The van der Waals surface area contributed by atoms with Crippen LogP contribution in [0.5, 0.6) is 0 Å². The van der Waals surface area contributed by atoms with Gasteiger partial charge in [0.05, 0.1) is 6.54 Å². The van der Waals surface area contributed by atoms with Crippen LogP contribution in [0.25, 0.3) is 0 Å². The van der Waals surface area contributed by atoms with Crippen LogP contribution in [0, 0.1) is 0 Å². The Hall–Kier alpha value is -1.93. The van der Waals surface area contributed by atoms with Crippen molar-refractivity contribution in [3.8, 4) is 0 Å². The molecule has 0 unspecified atom stereocenters. The van der Waals surface area contributed by atoms with Gasteiger partial charge in [0.2, 0.25) is 0 Å². The molecule has 0 fully saturated rings. The molecule has 2 rings (SSSR count). The fourth-order valence-electron chi connectivity index (χ4n) is 2.06. The van der Waals surface area contributed by atoms with Gasteiger partial charge in [-0.2, -0.15) is 0 Å². The molecule has 1 amide bonds. The number of nitrogens with one attached hydrogen (secondary N) is 3. The van der Waals surface area contributed by atoms with Crippen LogP contribution in [-0.4, -0.2) is 37.0 Å². The van der Waals surface area contributed by atoms with Crippen molar-refractivity contribution in [1.29, 1.82) is 0 Å². The first-order chi connectivity index (χ1) is 12.1. The van der Waals surface area contributed by atoms with Crippen molar-refractivity contribution in [2.24, 2.45) is 4.99 Å². The molecule has 0 bridgehead atoms. The number of hydrogen-bond acceptors (Lipinski definition) is 4. The van der Waals surface area contributed by atoms with E-state index in [1.807, 2.05) is 18.3 Å². The fraction of sp³-hybridized carbons (Fsp3) is 0.353. The standard InChI is InChI=1S/C17H22BrN5OS/c1-3-14-10-22-15(25-14)11-23-17(19-2)21-8-7-20-16(24)12-5-4-6-13(18)9-12/h4-6,9-10H,3,7-8,11H2,1-2H3,(H,20,24)(H2,19,21,23). The molecule has 3 N–H and O–H groups in total. The SMILES string of the molecule is CCc1cnc(CNC(=NC)NCCNC(=O)c2cccc(Br)c2)s1. The molecule has 0 spiro atoms. The van der Waals surface area contributed by atoms with Gasteiger partial charge in [0, 0.05) is 41.2 Å². The van der Waals surface area contributed by atoms with Crippen molar-refractivity contribution in [3.05, 3.63) is 50.4 Å². The van der Waals surface area contributed by atoms with Crippen molar-refractivity contribution in [2.45, 2.75) is 19.9 Å². The highest BCUT2D eigenvalue weighted by atomic mass is 79.9. The highest BCUT2D eigenvalue weighted by molar-refractivity contribution is 9.10. The van der Waals surface area contributed by atoms with Gasteiger partial charge < -0.3 is 16.0 Å². The third kappa shape index (κ3) is 6.47. The number of hydrogen-bond donors (Lipinski definition) is 3. The molecule has 1 heterocycles. The number of halogens is 1. The zero-order chi connectivity index (χ0) is 18.1. The summed E-state index contributed by atoms with van der Waals surface area (Å²) in [7, 11) is 1.72. The fourth-order valence-corrected chi connectivity index (χ4v) is 3.26. The number of carbonyl (C=O) groups excluding carboxylic acids is 1. The summed E-state index contributed by atoms with van der Waals surface area (Å²) in [6.07, 6.45) is 2.91. The second-order valence-corrected chi connectivity index (χ2v) is 7.31. The molecule has 0 aliphatic rings. The van der Waals surface area contributed by atoms with E-state index in [2.05, 4.69) is 48.8 Å². The van der Waals surface area contributed by atoms with Gasteiger partial charge in [0.25, 0.3) is 5.91 Å². The first kappa shape index (κ1) is 19.4. The number of amides is 1. The maximum absolute atomic E-state index is 12.0. The molecule has 0 aliphatic heterocycles. The van der Waals surface area contributed by atoms with E-state index in [0.29, 0.717) is 31.2 Å². The van der Waals surface area contributed by atoms with E-state index >= 15 is 0 Å². The van der Waals surface area contributed by atoms with Crippen LogP contribution in [-0.2, 0) is 13.0 Å². The number of nitrogens with zero attached hydrogens (tertiary/aromatic N) is 2. The molecule has 6 nitrogen and oxygen atoms in total. The number of benzene rings is 1. The highest BCUT2D eigenvalue weighted by Gasteiger charge is 2.05. The van der Waals surface area contributed by atoms with Gasteiger partial charge in [-0.25, -0.2) is 4.98 Å². The first-order valence-corrected chi connectivity index (χ1v) is 9.65. The topological polar surface area (TPSA) is 78.4 Å². The molecule has 134 valence electrons. The normalized spacial score (nSPS) is 11.2. The molecule has 0 atom stereocenters. The third-order valence-corrected chi connectivity index (χ3v) is 5.01. The summed E-state index contributed by atoms with van der Waals surface area (Å²) < 4.78 is 0.885. The molecule has 2 aromatic rings. The Morgan fingerprint density at radius 2 is 2.08 bits per heavy atom. The minimum Gasteiger partial charge on any atom is -0.355 e. The second kappa shape index (κ2) is 10.1. The molecule has 8 heteroatoms. The lowest BCUT2D eigenvalue weighted by molar-refractivity contribution is 0.0954. The Bertz CT molecular complexity index is 731.